The van der Waals surface area contributed by atoms with E-state index in [1.807, 2.05) is 43.3 Å². The van der Waals surface area contributed by atoms with Crippen molar-refractivity contribution in [1.82, 2.24) is 9.80 Å². The van der Waals surface area contributed by atoms with E-state index in [1.54, 1.807) is 11.0 Å². The van der Waals surface area contributed by atoms with Crippen LogP contribution in [-0.2, 0) is 4.79 Å². The van der Waals surface area contributed by atoms with Crippen molar-refractivity contribution < 1.29 is 19.1 Å². The highest BCUT2D eigenvalue weighted by Gasteiger charge is 2.44. The van der Waals surface area contributed by atoms with Gasteiger partial charge in [0.25, 0.3) is 5.91 Å². The molecule has 0 saturated carbocycles. The fourth-order valence-corrected chi connectivity index (χ4v) is 3.37. The summed E-state index contributed by atoms with van der Waals surface area (Å²) in [6.07, 6.45) is 1.40. The van der Waals surface area contributed by atoms with E-state index in [2.05, 4.69) is 13.8 Å². The van der Waals surface area contributed by atoms with E-state index in [1.165, 1.54) is 17.9 Å². The predicted octanol–water partition coefficient (Wildman–Crippen LogP) is 3.54. The van der Waals surface area contributed by atoms with Crippen LogP contribution in [0.4, 0.5) is 0 Å². The number of carbonyl (C=O) groups is 2. The van der Waals surface area contributed by atoms with E-state index >= 15 is 0 Å². The Balaban J connectivity index is 2.04. The van der Waals surface area contributed by atoms with Crippen LogP contribution in [0.5, 0.6) is 0 Å². The summed E-state index contributed by atoms with van der Waals surface area (Å²) in [4.78, 5) is 29.3. The van der Waals surface area contributed by atoms with Gasteiger partial charge in [-0.2, -0.15) is 0 Å². The van der Waals surface area contributed by atoms with Gasteiger partial charge in [0.1, 0.15) is 0 Å². The van der Waals surface area contributed by atoms with E-state index in [0.717, 1.165) is 5.56 Å². The Kier molecular flexibility index (Phi) is 5.70. The van der Waals surface area contributed by atoms with Crippen molar-refractivity contribution in [3.8, 4) is 0 Å². The molecule has 1 aromatic heterocycles. The van der Waals surface area contributed by atoms with Crippen LogP contribution in [-0.4, -0.2) is 53.8 Å². The molecule has 3 rings (SSSR count). The van der Waals surface area contributed by atoms with Crippen molar-refractivity contribution in [1.29, 1.82) is 0 Å². The Labute approximate surface area is 165 Å². The van der Waals surface area contributed by atoms with Gasteiger partial charge in [-0.25, -0.2) is 0 Å². The number of benzene rings is 1. The van der Waals surface area contributed by atoms with Gasteiger partial charge in [-0.15, -0.1) is 0 Å². The van der Waals surface area contributed by atoms with Crippen LogP contribution in [0, 0.1) is 0 Å². The molecule has 1 aliphatic heterocycles. The minimum atomic E-state index is -0.647. The van der Waals surface area contributed by atoms with Crippen molar-refractivity contribution in [2.75, 3.05) is 27.2 Å². The molecule has 0 unspecified atom stereocenters. The zero-order valence-electron chi connectivity index (χ0n) is 16.7. The predicted molar refractivity (Wildman–Crippen MR) is 106 cm³/mol. The summed E-state index contributed by atoms with van der Waals surface area (Å²) in [5.74, 6) is -1.03. The smallest absolute Gasteiger partial charge is 0.290 e. The normalized spacial score (nSPS) is 17.3. The number of hydrogen-bond acceptors (Lipinski definition) is 5. The number of likely N-dealkylation sites (N-methyl/N-ethyl adjacent to an activating group) is 1. The average molecular weight is 382 g/mol. The number of rotatable bonds is 7. The Morgan fingerprint density at radius 2 is 1.89 bits per heavy atom. The molecule has 0 bridgehead atoms. The first-order chi connectivity index (χ1) is 13.3. The van der Waals surface area contributed by atoms with Crippen molar-refractivity contribution in [3.05, 3.63) is 70.9 Å². The van der Waals surface area contributed by atoms with Gasteiger partial charge < -0.3 is 19.3 Å². The quantitative estimate of drug-likeness (QED) is 0.742. The van der Waals surface area contributed by atoms with Gasteiger partial charge in [0.15, 0.2) is 11.5 Å². The van der Waals surface area contributed by atoms with Crippen molar-refractivity contribution in [2.24, 2.45) is 0 Å². The molecule has 1 N–H and O–H groups in total. The van der Waals surface area contributed by atoms with Gasteiger partial charge >= 0.3 is 0 Å². The first kappa shape index (κ1) is 19.9. The van der Waals surface area contributed by atoms with E-state index < -0.39 is 23.5 Å². The second kappa shape index (κ2) is 8.02. The van der Waals surface area contributed by atoms with E-state index in [-0.39, 0.29) is 11.3 Å². The second-order valence-electron chi connectivity index (χ2n) is 7.59. The highest BCUT2D eigenvalue weighted by atomic mass is 16.3. The Morgan fingerprint density at radius 3 is 2.43 bits per heavy atom. The van der Waals surface area contributed by atoms with Gasteiger partial charge in [0, 0.05) is 13.1 Å². The SMILES string of the molecule is CC(C)c1ccc([C@@H]2C(C(=O)c3ccco3)=C(O)C(=O)N2CCN(C)C)cc1. The summed E-state index contributed by atoms with van der Waals surface area (Å²) in [6.45, 7) is 5.22. The minimum Gasteiger partial charge on any atom is -0.503 e. The maximum atomic E-state index is 13.0. The van der Waals surface area contributed by atoms with Gasteiger partial charge in [-0.05, 0) is 43.3 Å². The molecule has 1 amide bonds. The lowest BCUT2D eigenvalue weighted by molar-refractivity contribution is -0.129. The monoisotopic (exact) mass is 382 g/mol. The lowest BCUT2D eigenvalue weighted by Gasteiger charge is -2.28. The van der Waals surface area contributed by atoms with Gasteiger partial charge in [0.05, 0.1) is 17.9 Å². The van der Waals surface area contributed by atoms with Crippen LogP contribution in [0.15, 0.2) is 58.4 Å². The zero-order valence-corrected chi connectivity index (χ0v) is 16.7. The fourth-order valence-electron chi connectivity index (χ4n) is 3.37. The molecule has 6 heteroatoms. The maximum Gasteiger partial charge on any atom is 0.290 e. The topological polar surface area (TPSA) is 74.0 Å². The Morgan fingerprint density at radius 1 is 1.21 bits per heavy atom. The third kappa shape index (κ3) is 3.73. The van der Waals surface area contributed by atoms with E-state index in [9.17, 15) is 14.7 Å². The number of carbonyl (C=O) groups excluding carboxylic acids is 2. The lowest BCUT2D eigenvalue weighted by atomic mass is 9.93. The first-order valence-electron chi connectivity index (χ1n) is 9.38. The lowest BCUT2D eigenvalue weighted by Crippen LogP contribution is -2.36. The van der Waals surface area contributed by atoms with Crippen LogP contribution < -0.4 is 0 Å². The van der Waals surface area contributed by atoms with Crippen LogP contribution in [0.1, 0.15) is 47.5 Å². The van der Waals surface area contributed by atoms with Crippen LogP contribution in [0.2, 0.25) is 0 Å². The second-order valence-corrected chi connectivity index (χ2v) is 7.59. The molecule has 0 spiro atoms. The number of amides is 1. The zero-order chi connectivity index (χ0) is 20.4. The number of Topliss-reactive ketones (excluding diaryl/α,β-unsaturated/α-hetero) is 1. The maximum absolute atomic E-state index is 13.0. The average Bonchev–Trinajstić information content (AvgIpc) is 3.28. The standard InChI is InChI=1S/C22H26N2O4/c1-14(2)15-7-9-16(10-8-15)19-18(20(25)17-6-5-13-28-17)21(26)22(27)24(19)12-11-23(3)4/h5-10,13-14,19,26H,11-12H2,1-4H3/t19-/m1/s1. The summed E-state index contributed by atoms with van der Waals surface area (Å²) in [5, 5.41) is 10.5. The van der Waals surface area contributed by atoms with Gasteiger partial charge in [-0.1, -0.05) is 38.1 Å². The van der Waals surface area contributed by atoms with Crippen LogP contribution in [0.3, 0.4) is 0 Å². The molecule has 1 aliphatic rings. The Bertz CT molecular complexity index is 880. The number of hydrogen-bond donors (Lipinski definition) is 1. The third-order valence-electron chi connectivity index (χ3n) is 5.00. The molecule has 2 aromatic rings. The molecule has 0 fully saturated rings. The molecule has 148 valence electrons. The largest absolute Gasteiger partial charge is 0.503 e. The summed E-state index contributed by atoms with van der Waals surface area (Å²) in [5.41, 5.74) is 2.02. The molecule has 6 nitrogen and oxygen atoms in total. The molecule has 1 aromatic carbocycles. The molecule has 0 aliphatic carbocycles. The third-order valence-corrected chi connectivity index (χ3v) is 5.00. The van der Waals surface area contributed by atoms with Gasteiger partial charge in [-0.3, -0.25) is 9.59 Å². The highest BCUT2D eigenvalue weighted by Crippen LogP contribution is 2.39. The molecular weight excluding hydrogens is 356 g/mol. The Hall–Kier alpha value is -2.86. The summed E-state index contributed by atoms with van der Waals surface area (Å²) in [7, 11) is 3.82. The molecule has 28 heavy (non-hydrogen) atoms. The molecule has 0 saturated heterocycles. The van der Waals surface area contributed by atoms with Crippen molar-refractivity contribution >= 4 is 11.7 Å². The molecule has 0 radical (unpaired) electrons. The summed E-state index contributed by atoms with van der Waals surface area (Å²) in [6, 6.07) is 10.3. The summed E-state index contributed by atoms with van der Waals surface area (Å²) < 4.78 is 5.23. The van der Waals surface area contributed by atoms with Crippen LogP contribution in [0.25, 0.3) is 0 Å². The van der Waals surface area contributed by atoms with E-state index in [4.69, 9.17) is 4.42 Å². The van der Waals surface area contributed by atoms with E-state index in [0.29, 0.717) is 19.0 Å². The van der Waals surface area contributed by atoms with Crippen molar-refractivity contribution in [3.63, 3.8) is 0 Å². The molecule has 1 atom stereocenters. The number of furan rings is 1. The fraction of sp³-hybridized carbons (Fsp3) is 0.364. The number of aliphatic hydroxyl groups is 1. The summed E-state index contributed by atoms with van der Waals surface area (Å²) >= 11 is 0. The number of aliphatic hydroxyl groups excluding tert-OH is 1. The highest BCUT2D eigenvalue weighted by molar-refractivity contribution is 6.15. The molecule has 2 heterocycles. The number of nitrogens with zero attached hydrogens (tertiary/aromatic N) is 2. The van der Waals surface area contributed by atoms with Crippen molar-refractivity contribution in [2.45, 2.75) is 25.8 Å². The minimum absolute atomic E-state index is 0.0657. The molecular formula is C22H26N2O4. The first-order valence-corrected chi connectivity index (χ1v) is 9.38. The van der Waals surface area contributed by atoms with Gasteiger partial charge in [0.2, 0.25) is 5.78 Å². The van der Waals surface area contributed by atoms with Crippen LogP contribution >= 0.6 is 0 Å². The number of ketones is 1.